The zero-order valence-electron chi connectivity index (χ0n) is 16.8. The summed E-state index contributed by atoms with van der Waals surface area (Å²) in [4.78, 5) is 26.0. The molecule has 0 aromatic heterocycles. The first-order valence-electron chi connectivity index (χ1n) is 9.68. The van der Waals surface area contributed by atoms with Crippen LogP contribution in [0.5, 0.6) is 0 Å². The fourth-order valence-corrected chi connectivity index (χ4v) is 3.55. The van der Waals surface area contributed by atoms with Gasteiger partial charge in [-0.2, -0.15) is 0 Å². The van der Waals surface area contributed by atoms with Crippen LogP contribution in [0.15, 0.2) is 60.7 Å². The van der Waals surface area contributed by atoms with Gasteiger partial charge in [-0.3, -0.25) is 4.79 Å². The number of ketones is 1. The van der Waals surface area contributed by atoms with Crippen LogP contribution in [0, 0.1) is 11.6 Å². The van der Waals surface area contributed by atoms with Crippen molar-refractivity contribution in [1.82, 2.24) is 4.90 Å². The normalized spacial score (nSPS) is 13.9. The maximum Gasteiger partial charge on any atom is 0.410 e. The van der Waals surface area contributed by atoms with Crippen molar-refractivity contribution in [3.63, 3.8) is 0 Å². The third-order valence-corrected chi connectivity index (χ3v) is 5.07. The summed E-state index contributed by atoms with van der Waals surface area (Å²) in [6, 6.07) is 10.8. The molecule has 0 saturated carbocycles. The Labute approximate surface area is 174 Å². The largest absolute Gasteiger partial charge is 0.445 e. The minimum Gasteiger partial charge on any atom is -0.445 e. The van der Waals surface area contributed by atoms with E-state index >= 15 is 0 Å². The lowest BCUT2D eigenvalue weighted by molar-refractivity contribution is 0.0984. The van der Waals surface area contributed by atoms with Gasteiger partial charge in [0.05, 0.1) is 5.56 Å². The number of carbonyl (C=O) groups excluding carboxylic acids is 2. The number of rotatable bonds is 6. The molecule has 0 aliphatic carbocycles. The summed E-state index contributed by atoms with van der Waals surface area (Å²) in [5.74, 6) is -2.30. The van der Waals surface area contributed by atoms with Gasteiger partial charge in [-0.1, -0.05) is 43.0 Å². The van der Waals surface area contributed by atoms with E-state index < -0.39 is 23.0 Å². The number of nitrogens with zero attached hydrogens (tertiary/aromatic N) is 1. The molecule has 4 nitrogen and oxygen atoms in total. The van der Waals surface area contributed by atoms with Crippen LogP contribution in [-0.2, 0) is 11.2 Å². The molecule has 0 fully saturated rings. The van der Waals surface area contributed by atoms with Crippen LogP contribution in [0.1, 0.15) is 34.8 Å². The van der Waals surface area contributed by atoms with Crippen LogP contribution in [0.4, 0.5) is 13.6 Å². The molecule has 0 radical (unpaired) electrons. The van der Waals surface area contributed by atoms with Crippen molar-refractivity contribution in [2.24, 2.45) is 0 Å². The lowest BCUT2D eigenvalue weighted by atomic mass is 9.93. The molecule has 2 aromatic carbocycles. The third kappa shape index (κ3) is 4.82. The monoisotopic (exact) mass is 411 g/mol. The first-order chi connectivity index (χ1) is 14.4. The fraction of sp³-hybridized carbons (Fsp3) is 0.250. The summed E-state index contributed by atoms with van der Waals surface area (Å²) < 4.78 is 32.7. The second-order valence-corrected chi connectivity index (χ2v) is 7.19. The van der Waals surface area contributed by atoms with Crippen molar-refractivity contribution in [1.29, 1.82) is 0 Å². The summed E-state index contributed by atoms with van der Waals surface area (Å²) in [6.45, 7) is 6.72. The SMILES string of the molecule is C=CCOC(=O)N1CCC(c2ccc(CC(=O)c3c(F)cccc3F)cc2)=C(C)C1. The van der Waals surface area contributed by atoms with Crippen LogP contribution in [0.25, 0.3) is 5.57 Å². The third-order valence-electron chi connectivity index (χ3n) is 5.07. The van der Waals surface area contributed by atoms with Gasteiger partial charge in [0.15, 0.2) is 5.78 Å². The van der Waals surface area contributed by atoms with Crippen molar-refractivity contribution in [3.05, 3.63) is 89.0 Å². The van der Waals surface area contributed by atoms with Gasteiger partial charge in [-0.05, 0) is 47.8 Å². The van der Waals surface area contributed by atoms with Crippen LogP contribution < -0.4 is 0 Å². The van der Waals surface area contributed by atoms with Gasteiger partial charge in [0.1, 0.15) is 18.2 Å². The zero-order chi connectivity index (χ0) is 21.7. The van der Waals surface area contributed by atoms with Gasteiger partial charge < -0.3 is 9.64 Å². The Kier molecular flexibility index (Phi) is 6.77. The first-order valence-corrected chi connectivity index (χ1v) is 9.68. The lowest BCUT2D eigenvalue weighted by Crippen LogP contribution is -2.36. The van der Waals surface area contributed by atoms with E-state index in [-0.39, 0.29) is 19.1 Å². The molecule has 0 atom stereocenters. The number of benzene rings is 2. The van der Waals surface area contributed by atoms with E-state index in [4.69, 9.17) is 4.74 Å². The highest BCUT2D eigenvalue weighted by Crippen LogP contribution is 2.28. The molecule has 1 heterocycles. The Morgan fingerprint density at radius 1 is 1.13 bits per heavy atom. The van der Waals surface area contributed by atoms with E-state index in [1.54, 1.807) is 17.0 Å². The minimum absolute atomic E-state index is 0.0842. The number of Topliss-reactive ketones (excluding diaryl/α,β-unsaturated/α-hetero) is 1. The lowest BCUT2D eigenvalue weighted by Gasteiger charge is -2.29. The van der Waals surface area contributed by atoms with Crippen molar-refractivity contribution in [2.45, 2.75) is 19.8 Å². The number of amides is 1. The summed E-state index contributed by atoms with van der Waals surface area (Å²) in [5.41, 5.74) is 3.38. The molecule has 30 heavy (non-hydrogen) atoms. The average molecular weight is 411 g/mol. The van der Waals surface area contributed by atoms with E-state index in [1.807, 2.05) is 19.1 Å². The van der Waals surface area contributed by atoms with Crippen LogP contribution in [0.3, 0.4) is 0 Å². The molecule has 0 spiro atoms. The Balaban J connectivity index is 1.69. The summed E-state index contributed by atoms with van der Waals surface area (Å²) in [5, 5.41) is 0. The van der Waals surface area contributed by atoms with Crippen LogP contribution in [0.2, 0.25) is 0 Å². The summed E-state index contributed by atoms with van der Waals surface area (Å²) >= 11 is 0. The topological polar surface area (TPSA) is 46.6 Å². The highest BCUT2D eigenvalue weighted by molar-refractivity contribution is 5.98. The standard InChI is InChI=1S/C24H23F2NO3/c1-3-13-30-24(29)27-12-11-19(16(2)15-27)18-9-7-17(8-10-18)14-22(28)23-20(25)5-4-6-21(23)26/h3-10H,1,11-15H2,2H3. The summed E-state index contributed by atoms with van der Waals surface area (Å²) in [6.07, 6.45) is 1.78. The Hall–Kier alpha value is -3.28. The van der Waals surface area contributed by atoms with E-state index in [9.17, 15) is 18.4 Å². The number of hydrogen-bond acceptors (Lipinski definition) is 3. The first kappa shape index (κ1) is 21.4. The highest BCUT2D eigenvalue weighted by atomic mass is 19.1. The molecular weight excluding hydrogens is 388 g/mol. The Bertz CT molecular complexity index is 976. The molecule has 1 aliphatic heterocycles. The summed E-state index contributed by atoms with van der Waals surface area (Å²) in [7, 11) is 0. The zero-order valence-corrected chi connectivity index (χ0v) is 16.8. The second kappa shape index (κ2) is 9.48. The number of carbonyl (C=O) groups is 2. The van der Waals surface area contributed by atoms with Gasteiger partial charge in [-0.25, -0.2) is 13.6 Å². The van der Waals surface area contributed by atoms with Crippen molar-refractivity contribution < 1.29 is 23.1 Å². The number of halogens is 2. The molecule has 0 saturated heterocycles. The van der Waals surface area contributed by atoms with Gasteiger partial charge in [0.25, 0.3) is 0 Å². The van der Waals surface area contributed by atoms with E-state index in [1.165, 1.54) is 12.1 Å². The van der Waals surface area contributed by atoms with Gasteiger partial charge >= 0.3 is 6.09 Å². The maximum absolute atomic E-state index is 13.8. The predicted molar refractivity (Wildman–Crippen MR) is 111 cm³/mol. The average Bonchev–Trinajstić information content (AvgIpc) is 2.72. The maximum atomic E-state index is 13.8. The minimum atomic E-state index is -0.851. The van der Waals surface area contributed by atoms with Crippen LogP contribution in [-0.4, -0.2) is 36.5 Å². The second-order valence-electron chi connectivity index (χ2n) is 7.19. The molecule has 3 rings (SSSR count). The number of ether oxygens (including phenoxy) is 1. The molecule has 0 unspecified atom stereocenters. The molecule has 0 bridgehead atoms. The van der Waals surface area contributed by atoms with Crippen LogP contribution >= 0.6 is 0 Å². The van der Waals surface area contributed by atoms with Crippen molar-refractivity contribution in [3.8, 4) is 0 Å². The fourth-order valence-electron chi connectivity index (χ4n) is 3.55. The van der Waals surface area contributed by atoms with Gasteiger partial charge in [0, 0.05) is 19.5 Å². The Morgan fingerprint density at radius 3 is 2.40 bits per heavy atom. The molecule has 1 amide bonds. The molecule has 1 aliphatic rings. The Morgan fingerprint density at radius 2 is 1.80 bits per heavy atom. The van der Waals surface area contributed by atoms with Crippen molar-refractivity contribution in [2.75, 3.05) is 19.7 Å². The molecule has 2 aromatic rings. The van der Waals surface area contributed by atoms with E-state index in [2.05, 4.69) is 6.58 Å². The number of hydrogen-bond donors (Lipinski definition) is 0. The highest BCUT2D eigenvalue weighted by Gasteiger charge is 2.22. The van der Waals surface area contributed by atoms with E-state index in [0.29, 0.717) is 25.1 Å². The molecule has 156 valence electrons. The molecule has 0 N–H and O–H groups in total. The molecule has 6 heteroatoms. The predicted octanol–water partition coefficient (Wildman–Crippen LogP) is 5.19. The van der Waals surface area contributed by atoms with Gasteiger partial charge in [-0.15, -0.1) is 0 Å². The smallest absolute Gasteiger partial charge is 0.410 e. The molecular formula is C24H23F2NO3. The quantitative estimate of drug-likeness (QED) is 0.485. The van der Waals surface area contributed by atoms with Gasteiger partial charge in [0.2, 0.25) is 0 Å². The van der Waals surface area contributed by atoms with Crippen molar-refractivity contribution >= 4 is 17.4 Å². The van der Waals surface area contributed by atoms with E-state index in [0.717, 1.165) is 28.8 Å².